The minimum Gasteiger partial charge on any atom is -0.378 e. The predicted molar refractivity (Wildman–Crippen MR) is 158 cm³/mol. The second-order valence-electron chi connectivity index (χ2n) is 9.75. The van der Waals surface area contributed by atoms with Crippen molar-refractivity contribution >= 4 is 40.3 Å². The molecule has 194 valence electrons. The Balaban J connectivity index is 1.43. The second-order valence-corrected chi connectivity index (χ2v) is 10.6. The van der Waals surface area contributed by atoms with Gasteiger partial charge in [-0.05, 0) is 92.3 Å². The van der Waals surface area contributed by atoms with Crippen LogP contribution in [0.2, 0.25) is 5.02 Å². The van der Waals surface area contributed by atoms with Gasteiger partial charge < -0.3 is 24.4 Å². The molecule has 0 amide bonds. The van der Waals surface area contributed by atoms with Crippen molar-refractivity contribution in [3.63, 3.8) is 0 Å². The van der Waals surface area contributed by atoms with E-state index in [2.05, 4.69) is 76.0 Å². The lowest BCUT2D eigenvalue weighted by molar-refractivity contribution is 0.122. The molecule has 2 aliphatic heterocycles. The summed E-state index contributed by atoms with van der Waals surface area (Å²) in [4.78, 5) is 9.31. The van der Waals surface area contributed by atoms with Crippen LogP contribution in [0.3, 0.4) is 0 Å². The number of hydrogen-bond donors (Lipinski definition) is 1. The maximum absolute atomic E-state index is 6.36. The number of aryl methyl sites for hydroxylation is 1. The van der Waals surface area contributed by atoms with Gasteiger partial charge in [-0.3, -0.25) is 4.98 Å². The van der Waals surface area contributed by atoms with Gasteiger partial charge in [-0.25, -0.2) is 0 Å². The first-order valence-corrected chi connectivity index (χ1v) is 13.7. The lowest BCUT2D eigenvalue weighted by Crippen LogP contribution is -2.36. The zero-order valence-electron chi connectivity index (χ0n) is 21.5. The number of halogens is 1. The molecule has 6 nitrogen and oxygen atoms in total. The first-order valence-electron chi connectivity index (χ1n) is 12.9. The third-order valence-corrected chi connectivity index (χ3v) is 8.01. The number of rotatable bonds is 5. The number of nitrogens with zero attached hydrogens (tertiary/aromatic N) is 4. The lowest BCUT2D eigenvalue weighted by Gasteiger charge is -2.31. The third kappa shape index (κ3) is 4.55. The highest BCUT2D eigenvalue weighted by Gasteiger charge is 2.42. The summed E-state index contributed by atoms with van der Waals surface area (Å²) in [5.41, 5.74) is 7.74. The zero-order valence-corrected chi connectivity index (χ0v) is 23.0. The molecule has 2 saturated heterocycles. The molecule has 2 aromatic heterocycles. The van der Waals surface area contributed by atoms with Crippen LogP contribution in [0.1, 0.15) is 34.7 Å². The van der Waals surface area contributed by atoms with Crippen LogP contribution in [0.15, 0.2) is 79.0 Å². The Morgan fingerprint density at radius 2 is 1.68 bits per heavy atom. The van der Waals surface area contributed by atoms with E-state index in [0.717, 1.165) is 54.8 Å². The minimum absolute atomic E-state index is 0.0780. The van der Waals surface area contributed by atoms with Gasteiger partial charge >= 0.3 is 0 Å². The van der Waals surface area contributed by atoms with Crippen molar-refractivity contribution < 1.29 is 4.74 Å². The lowest BCUT2D eigenvalue weighted by atomic mass is 9.96. The van der Waals surface area contributed by atoms with Gasteiger partial charge in [0.15, 0.2) is 5.11 Å². The monoisotopic (exact) mass is 543 g/mol. The largest absolute Gasteiger partial charge is 0.378 e. The van der Waals surface area contributed by atoms with Gasteiger partial charge in [-0.15, -0.1) is 0 Å². The fourth-order valence-electron chi connectivity index (χ4n) is 5.69. The SMILES string of the molecule is Cc1cc([C@@H]2[C@@H](c3ccccn3)NC(=S)N2c2ccc(N3CCOCC3)cc2)c(C)n1-c1cccc(Cl)c1. The predicted octanol–water partition coefficient (Wildman–Crippen LogP) is 6.16. The van der Waals surface area contributed by atoms with E-state index in [9.17, 15) is 0 Å². The average molecular weight is 544 g/mol. The van der Waals surface area contributed by atoms with E-state index in [0.29, 0.717) is 10.1 Å². The van der Waals surface area contributed by atoms with Gasteiger partial charge in [0.05, 0.1) is 31.0 Å². The van der Waals surface area contributed by atoms with E-state index in [4.69, 9.17) is 33.5 Å². The van der Waals surface area contributed by atoms with E-state index >= 15 is 0 Å². The van der Waals surface area contributed by atoms with Crippen LogP contribution < -0.4 is 15.1 Å². The van der Waals surface area contributed by atoms with Crippen molar-refractivity contribution in [1.29, 1.82) is 0 Å². The molecule has 0 radical (unpaired) electrons. The highest BCUT2D eigenvalue weighted by molar-refractivity contribution is 7.80. The highest BCUT2D eigenvalue weighted by Crippen LogP contribution is 2.44. The Morgan fingerprint density at radius 3 is 2.39 bits per heavy atom. The third-order valence-electron chi connectivity index (χ3n) is 7.46. The van der Waals surface area contributed by atoms with Crippen LogP contribution in [0.25, 0.3) is 5.69 Å². The number of hydrogen-bond acceptors (Lipinski definition) is 4. The molecule has 38 heavy (non-hydrogen) atoms. The maximum atomic E-state index is 6.36. The molecule has 1 N–H and O–H groups in total. The summed E-state index contributed by atoms with van der Waals surface area (Å²) >= 11 is 12.3. The van der Waals surface area contributed by atoms with Crippen molar-refractivity contribution in [2.75, 3.05) is 36.1 Å². The average Bonchev–Trinajstić information content (AvgIpc) is 3.44. The zero-order chi connectivity index (χ0) is 26.2. The van der Waals surface area contributed by atoms with Crippen LogP contribution >= 0.6 is 23.8 Å². The number of ether oxygens (including phenoxy) is 1. The molecule has 2 aliphatic rings. The highest BCUT2D eigenvalue weighted by atomic mass is 35.5. The molecular weight excluding hydrogens is 514 g/mol. The Hall–Kier alpha value is -3.39. The molecule has 2 atom stereocenters. The van der Waals surface area contributed by atoms with Gasteiger partial charge in [-0.1, -0.05) is 23.7 Å². The first-order chi connectivity index (χ1) is 18.5. The molecule has 0 aliphatic carbocycles. The van der Waals surface area contributed by atoms with E-state index in [1.807, 2.05) is 36.5 Å². The van der Waals surface area contributed by atoms with Gasteiger partial charge in [0, 0.05) is 52.8 Å². The molecule has 0 bridgehead atoms. The van der Waals surface area contributed by atoms with Gasteiger partial charge in [0.2, 0.25) is 0 Å². The molecule has 0 spiro atoms. The molecule has 0 saturated carbocycles. The Kier molecular flexibility index (Phi) is 6.82. The fourth-order valence-corrected chi connectivity index (χ4v) is 6.22. The van der Waals surface area contributed by atoms with Gasteiger partial charge in [-0.2, -0.15) is 0 Å². The first kappa shape index (κ1) is 24.9. The number of nitrogens with one attached hydrogen (secondary N) is 1. The summed E-state index contributed by atoms with van der Waals surface area (Å²) in [7, 11) is 0. The quantitative estimate of drug-likeness (QED) is 0.304. The standard InChI is InChI=1S/C30H30ClN5OS/c1-20-18-26(21(2)35(20)25-7-5-6-22(31)19-25)29-28(27-8-3-4-13-32-27)33-30(38)36(29)24-11-9-23(10-12-24)34-14-16-37-17-15-34/h3-13,18-19,28-29H,14-17H2,1-2H3,(H,33,38)/t28-,29-/m1/s1. The Labute approximate surface area is 233 Å². The smallest absolute Gasteiger partial charge is 0.174 e. The van der Waals surface area contributed by atoms with Crippen LogP contribution in [-0.4, -0.2) is 41.0 Å². The van der Waals surface area contributed by atoms with E-state index in [-0.39, 0.29) is 12.1 Å². The van der Waals surface area contributed by atoms with Crippen LogP contribution in [-0.2, 0) is 4.74 Å². The van der Waals surface area contributed by atoms with Gasteiger partial charge in [0.1, 0.15) is 0 Å². The van der Waals surface area contributed by atoms with Crippen molar-refractivity contribution in [2.24, 2.45) is 0 Å². The minimum atomic E-state index is -0.101. The molecule has 0 unspecified atom stereocenters. The maximum Gasteiger partial charge on any atom is 0.174 e. The summed E-state index contributed by atoms with van der Waals surface area (Å²) in [5.74, 6) is 0. The van der Waals surface area contributed by atoms with Crippen molar-refractivity contribution in [3.05, 3.63) is 107 Å². The molecule has 2 fully saturated rings. The Morgan fingerprint density at radius 1 is 0.921 bits per heavy atom. The number of anilines is 2. The number of aromatic nitrogens is 2. The number of benzene rings is 2. The van der Waals surface area contributed by atoms with Crippen LogP contribution in [0.5, 0.6) is 0 Å². The summed E-state index contributed by atoms with van der Waals surface area (Å²) in [6.45, 7) is 7.64. The molecular formula is C30H30ClN5OS. The van der Waals surface area contributed by atoms with Crippen molar-refractivity contribution in [1.82, 2.24) is 14.9 Å². The summed E-state index contributed by atoms with van der Waals surface area (Å²) in [6, 6.07) is 24.8. The van der Waals surface area contributed by atoms with Crippen molar-refractivity contribution in [3.8, 4) is 5.69 Å². The van der Waals surface area contributed by atoms with Crippen LogP contribution in [0, 0.1) is 13.8 Å². The molecule has 4 heterocycles. The molecule has 4 aromatic rings. The van der Waals surface area contributed by atoms with Gasteiger partial charge in [0.25, 0.3) is 0 Å². The number of thiocarbonyl (C=S) groups is 1. The summed E-state index contributed by atoms with van der Waals surface area (Å²) < 4.78 is 7.79. The summed E-state index contributed by atoms with van der Waals surface area (Å²) in [6.07, 6.45) is 1.84. The van der Waals surface area contributed by atoms with Crippen molar-refractivity contribution in [2.45, 2.75) is 25.9 Å². The normalized spacial score (nSPS) is 19.6. The molecule has 8 heteroatoms. The Bertz CT molecular complexity index is 1450. The molecule has 6 rings (SSSR count). The van der Waals surface area contributed by atoms with E-state index in [1.165, 1.54) is 11.3 Å². The molecule has 2 aromatic carbocycles. The van der Waals surface area contributed by atoms with Crippen LogP contribution in [0.4, 0.5) is 11.4 Å². The second kappa shape index (κ2) is 10.4. The topological polar surface area (TPSA) is 45.6 Å². The number of morpholine rings is 1. The summed E-state index contributed by atoms with van der Waals surface area (Å²) in [5, 5.41) is 5.00. The fraction of sp³-hybridized carbons (Fsp3) is 0.267. The van der Waals surface area contributed by atoms with E-state index in [1.54, 1.807) is 0 Å². The number of pyridine rings is 1. The van der Waals surface area contributed by atoms with E-state index < -0.39 is 0 Å².